The molecule has 1 aromatic rings. The van der Waals surface area contributed by atoms with E-state index in [2.05, 4.69) is 11.8 Å². The lowest BCUT2D eigenvalue weighted by molar-refractivity contribution is 0.164. The molecule has 0 aromatic heterocycles. The number of hydrogen-bond donors (Lipinski definition) is 1. The lowest BCUT2D eigenvalue weighted by Crippen LogP contribution is -2.39. The molecule has 20 heavy (non-hydrogen) atoms. The zero-order valence-electron chi connectivity index (χ0n) is 12.1. The summed E-state index contributed by atoms with van der Waals surface area (Å²) in [6.45, 7) is 5.21. The van der Waals surface area contributed by atoms with Gasteiger partial charge in [0, 0.05) is 23.2 Å². The molecule has 0 saturated carbocycles. The van der Waals surface area contributed by atoms with Crippen LogP contribution in [0.5, 0.6) is 5.75 Å². The van der Waals surface area contributed by atoms with E-state index in [4.69, 9.17) is 22.1 Å². The fourth-order valence-corrected chi connectivity index (χ4v) is 2.94. The standard InChI is InChI=1S/C15H23ClN2O.ClH/c1-11(17)12-5-7-18(8-6-12)10-13-9-14(16)3-4-15(13)19-2;/h3-4,9,11-12H,5-8,10,17H2,1-2H3;1H. The molecule has 2 N–H and O–H groups in total. The molecule has 1 aromatic carbocycles. The highest BCUT2D eigenvalue weighted by atomic mass is 35.5. The van der Waals surface area contributed by atoms with E-state index in [0.717, 1.165) is 36.0 Å². The van der Waals surface area contributed by atoms with Gasteiger partial charge in [-0.25, -0.2) is 0 Å². The molecule has 1 heterocycles. The molecule has 114 valence electrons. The minimum atomic E-state index is 0. The Hall–Kier alpha value is -0.480. The van der Waals surface area contributed by atoms with Gasteiger partial charge in [-0.05, 0) is 57.0 Å². The van der Waals surface area contributed by atoms with Crippen molar-refractivity contribution in [3.63, 3.8) is 0 Å². The number of likely N-dealkylation sites (tertiary alicyclic amines) is 1. The van der Waals surface area contributed by atoms with Crippen LogP contribution in [0.1, 0.15) is 25.3 Å². The Morgan fingerprint density at radius 3 is 2.60 bits per heavy atom. The lowest BCUT2D eigenvalue weighted by Gasteiger charge is -2.33. The fourth-order valence-electron chi connectivity index (χ4n) is 2.75. The molecule has 0 spiro atoms. The maximum atomic E-state index is 6.07. The van der Waals surface area contributed by atoms with Crippen LogP contribution in [0, 0.1) is 5.92 Å². The van der Waals surface area contributed by atoms with Gasteiger partial charge in [0.2, 0.25) is 0 Å². The number of nitrogens with two attached hydrogens (primary N) is 1. The highest BCUT2D eigenvalue weighted by Gasteiger charge is 2.22. The zero-order chi connectivity index (χ0) is 13.8. The van der Waals surface area contributed by atoms with Crippen molar-refractivity contribution < 1.29 is 4.74 Å². The van der Waals surface area contributed by atoms with Crippen molar-refractivity contribution in [1.29, 1.82) is 0 Å². The molecule has 0 amide bonds. The van der Waals surface area contributed by atoms with E-state index < -0.39 is 0 Å². The number of ether oxygens (including phenoxy) is 1. The fraction of sp³-hybridized carbons (Fsp3) is 0.600. The van der Waals surface area contributed by atoms with Crippen molar-refractivity contribution in [2.75, 3.05) is 20.2 Å². The third-order valence-electron chi connectivity index (χ3n) is 4.01. The van der Waals surface area contributed by atoms with Gasteiger partial charge in [-0.15, -0.1) is 12.4 Å². The molecule has 1 aliphatic rings. The Kier molecular flexibility index (Phi) is 7.10. The smallest absolute Gasteiger partial charge is 0.123 e. The number of methoxy groups -OCH3 is 1. The predicted molar refractivity (Wildman–Crippen MR) is 86.9 cm³/mol. The monoisotopic (exact) mass is 318 g/mol. The number of benzene rings is 1. The summed E-state index contributed by atoms with van der Waals surface area (Å²) in [4.78, 5) is 2.45. The Morgan fingerprint density at radius 1 is 1.40 bits per heavy atom. The minimum absolute atomic E-state index is 0. The van der Waals surface area contributed by atoms with E-state index in [0.29, 0.717) is 12.0 Å². The van der Waals surface area contributed by atoms with Gasteiger partial charge in [-0.2, -0.15) is 0 Å². The number of piperidine rings is 1. The molecule has 1 atom stereocenters. The van der Waals surface area contributed by atoms with E-state index in [1.807, 2.05) is 18.2 Å². The molecule has 0 radical (unpaired) electrons. The van der Waals surface area contributed by atoms with E-state index >= 15 is 0 Å². The molecule has 1 saturated heterocycles. The summed E-state index contributed by atoms with van der Waals surface area (Å²) in [6, 6.07) is 6.11. The first kappa shape index (κ1) is 17.6. The lowest BCUT2D eigenvalue weighted by atomic mass is 9.91. The summed E-state index contributed by atoms with van der Waals surface area (Å²) in [5.41, 5.74) is 7.14. The molecule has 1 unspecified atom stereocenters. The number of nitrogens with zero attached hydrogens (tertiary/aromatic N) is 1. The molecule has 3 nitrogen and oxygen atoms in total. The second kappa shape index (κ2) is 8.08. The normalized spacial score (nSPS) is 18.4. The molecule has 0 bridgehead atoms. The third kappa shape index (κ3) is 4.52. The van der Waals surface area contributed by atoms with Gasteiger partial charge < -0.3 is 10.5 Å². The number of hydrogen-bond acceptors (Lipinski definition) is 3. The average Bonchev–Trinajstić information content (AvgIpc) is 2.39. The first-order valence-electron chi connectivity index (χ1n) is 6.90. The van der Waals surface area contributed by atoms with Crippen molar-refractivity contribution in [1.82, 2.24) is 4.90 Å². The first-order valence-corrected chi connectivity index (χ1v) is 7.28. The minimum Gasteiger partial charge on any atom is -0.496 e. The van der Waals surface area contributed by atoms with Gasteiger partial charge in [-0.1, -0.05) is 11.6 Å². The number of halogens is 2. The van der Waals surface area contributed by atoms with Crippen LogP contribution in [-0.4, -0.2) is 31.1 Å². The van der Waals surface area contributed by atoms with E-state index in [9.17, 15) is 0 Å². The average molecular weight is 319 g/mol. The molecule has 1 aliphatic heterocycles. The Labute approximate surface area is 132 Å². The molecule has 1 fully saturated rings. The first-order chi connectivity index (χ1) is 9.10. The van der Waals surface area contributed by atoms with Crippen molar-refractivity contribution in [2.45, 2.75) is 32.4 Å². The highest BCUT2D eigenvalue weighted by Crippen LogP contribution is 2.26. The van der Waals surface area contributed by atoms with Crippen molar-refractivity contribution in [2.24, 2.45) is 11.7 Å². The summed E-state index contributed by atoms with van der Waals surface area (Å²) >= 11 is 6.07. The molecule has 0 aliphatic carbocycles. The second-order valence-corrected chi connectivity index (χ2v) is 5.87. The Morgan fingerprint density at radius 2 is 2.05 bits per heavy atom. The van der Waals surface area contributed by atoms with Gasteiger partial charge in [0.25, 0.3) is 0 Å². The van der Waals surface area contributed by atoms with E-state index in [1.165, 1.54) is 12.8 Å². The van der Waals surface area contributed by atoms with E-state index in [1.54, 1.807) is 7.11 Å². The second-order valence-electron chi connectivity index (χ2n) is 5.43. The van der Waals surface area contributed by atoms with Crippen LogP contribution in [0.3, 0.4) is 0 Å². The van der Waals surface area contributed by atoms with Crippen LogP contribution in [0.2, 0.25) is 5.02 Å². The Balaban J connectivity index is 0.00000200. The van der Waals surface area contributed by atoms with Crippen LogP contribution in [-0.2, 0) is 6.54 Å². The van der Waals surface area contributed by atoms with Crippen LogP contribution in [0.4, 0.5) is 0 Å². The summed E-state index contributed by atoms with van der Waals surface area (Å²) in [5.74, 6) is 1.58. The van der Waals surface area contributed by atoms with Crippen LogP contribution >= 0.6 is 24.0 Å². The largest absolute Gasteiger partial charge is 0.496 e. The zero-order valence-corrected chi connectivity index (χ0v) is 13.7. The summed E-state index contributed by atoms with van der Waals surface area (Å²) < 4.78 is 5.40. The van der Waals surface area contributed by atoms with E-state index in [-0.39, 0.29) is 12.4 Å². The van der Waals surface area contributed by atoms with Gasteiger partial charge in [0.15, 0.2) is 0 Å². The quantitative estimate of drug-likeness (QED) is 0.925. The van der Waals surface area contributed by atoms with Crippen LogP contribution < -0.4 is 10.5 Å². The Bertz CT molecular complexity index is 418. The van der Waals surface area contributed by atoms with Crippen molar-refractivity contribution in [3.8, 4) is 5.75 Å². The summed E-state index contributed by atoms with van der Waals surface area (Å²) in [6.07, 6.45) is 2.36. The SMILES string of the molecule is COc1ccc(Cl)cc1CN1CCC(C(C)N)CC1.Cl. The van der Waals surface area contributed by atoms with Gasteiger partial charge in [0.05, 0.1) is 7.11 Å². The highest BCUT2D eigenvalue weighted by molar-refractivity contribution is 6.30. The molecule has 2 rings (SSSR count). The molecule has 5 heteroatoms. The maximum Gasteiger partial charge on any atom is 0.123 e. The maximum absolute atomic E-state index is 6.07. The molecular weight excluding hydrogens is 295 g/mol. The van der Waals surface area contributed by atoms with Crippen LogP contribution in [0.15, 0.2) is 18.2 Å². The van der Waals surface area contributed by atoms with Crippen molar-refractivity contribution >= 4 is 24.0 Å². The predicted octanol–water partition coefficient (Wildman–Crippen LogP) is 3.33. The van der Waals surface area contributed by atoms with Gasteiger partial charge >= 0.3 is 0 Å². The summed E-state index contributed by atoms with van der Waals surface area (Å²) in [5, 5.41) is 0.765. The van der Waals surface area contributed by atoms with Gasteiger partial charge in [0.1, 0.15) is 5.75 Å². The molecular formula is C15H24Cl2N2O. The van der Waals surface area contributed by atoms with Crippen molar-refractivity contribution in [3.05, 3.63) is 28.8 Å². The topological polar surface area (TPSA) is 38.5 Å². The van der Waals surface area contributed by atoms with Crippen LogP contribution in [0.25, 0.3) is 0 Å². The third-order valence-corrected chi connectivity index (χ3v) is 4.25. The summed E-state index contributed by atoms with van der Waals surface area (Å²) in [7, 11) is 1.70. The van der Waals surface area contributed by atoms with Gasteiger partial charge in [-0.3, -0.25) is 4.90 Å². The number of rotatable bonds is 4.